The zero-order valence-electron chi connectivity index (χ0n) is 17.5. The number of benzene rings is 1. The molecule has 7 heteroatoms. The van der Waals surface area contributed by atoms with Gasteiger partial charge in [-0.15, -0.1) is 0 Å². The molecule has 0 atom stereocenters. The fourth-order valence-electron chi connectivity index (χ4n) is 2.69. The highest BCUT2D eigenvalue weighted by Crippen LogP contribution is 2.29. The Morgan fingerprint density at radius 3 is 2.48 bits per heavy atom. The molecular formula is C22H27FN6. The van der Waals surface area contributed by atoms with E-state index in [0.29, 0.717) is 22.6 Å². The first-order valence-electron chi connectivity index (χ1n) is 9.29. The number of fused-ring (bicyclic) bond motifs is 1. The van der Waals surface area contributed by atoms with E-state index in [-0.39, 0.29) is 11.9 Å². The van der Waals surface area contributed by atoms with E-state index in [1.54, 1.807) is 12.2 Å². The van der Waals surface area contributed by atoms with Crippen LogP contribution in [0.5, 0.6) is 0 Å². The molecule has 0 unspecified atom stereocenters. The van der Waals surface area contributed by atoms with Gasteiger partial charge in [-0.2, -0.15) is 5.10 Å². The van der Waals surface area contributed by atoms with E-state index in [1.807, 2.05) is 46.8 Å². The molecule has 0 saturated carbocycles. The molecule has 152 valence electrons. The number of nitrogens with one attached hydrogen (secondary N) is 2. The first-order valence-corrected chi connectivity index (χ1v) is 9.29. The summed E-state index contributed by atoms with van der Waals surface area (Å²) in [4.78, 5) is 12.3. The van der Waals surface area contributed by atoms with Crippen molar-refractivity contribution in [3.8, 4) is 0 Å². The van der Waals surface area contributed by atoms with Crippen molar-refractivity contribution >= 4 is 36.0 Å². The molecular weight excluding hydrogens is 367 g/mol. The average Bonchev–Trinajstić information content (AvgIpc) is 3.12. The number of rotatable bonds is 6. The Kier molecular flexibility index (Phi) is 7.36. The van der Waals surface area contributed by atoms with Crippen LogP contribution in [0.4, 0.5) is 4.39 Å². The average molecular weight is 394 g/mol. The lowest BCUT2D eigenvalue weighted by Gasteiger charge is -2.09. The SMILES string of the molecule is C=N/C(=C\C=C(C)C)N/C(N=C)=N/C(=C\C)c1cc(F)c2n[nH]c(C(C)C)c2c1. The lowest BCUT2D eigenvalue weighted by atomic mass is 10.0. The van der Waals surface area contributed by atoms with E-state index < -0.39 is 5.82 Å². The molecule has 1 heterocycles. The number of guanidine groups is 1. The molecule has 2 rings (SSSR count). The van der Waals surface area contributed by atoms with Crippen molar-refractivity contribution in [1.82, 2.24) is 15.5 Å². The Bertz CT molecular complexity index is 1030. The van der Waals surface area contributed by atoms with E-state index in [9.17, 15) is 4.39 Å². The Morgan fingerprint density at radius 2 is 1.93 bits per heavy atom. The summed E-state index contributed by atoms with van der Waals surface area (Å²) in [6, 6.07) is 3.29. The normalized spacial score (nSPS) is 13.0. The number of aromatic nitrogens is 2. The van der Waals surface area contributed by atoms with Gasteiger partial charge in [-0.25, -0.2) is 19.4 Å². The van der Waals surface area contributed by atoms with E-state index in [1.165, 1.54) is 6.07 Å². The molecule has 0 aliphatic carbocycles. The molecule has 2 aromatic rings. The maximum atomic E-state index is 14.6. The van der Waals surface area contributed by atoms with Gasteiger partial charge in [0.1, 0.15) is 11.3 Å². The van der Waals surface area contributed by atoms with Gasteiger partial charge in [-0.1, -0.05) is 31.6 Å². The first kappa shape index (κ1) is 21.9. The fourth-order valence-corrected chi connectivity index (χ4v) is 2.69. The maximum Gasteiger partial charge on any atom is 0.228 e. The number of aliphatic imine (C=N–C) groups is 3. The summed E-state index contributed by atoms with van der Waals surface area (Å²) in [5.74, 6) is 0.482. The topological polar surface area (TPSA) is 77.8 Å². The fraction of sp³-hybridized carbons (Fsp3) is 0.273. The predicted octanol–water partition coefficient (Wildman–Crippen LogP) is 5.34. The van der Waals surface area contributed by atoms with Crippen LogP contribution in [0.25, 0.3) is 16.6 Å². The van der Waals surface area contributed by atoms with Crippen LogP contribution >= 0.6 is 0 Å². The van der Waals surface area contributed by atoms with Gasteiger partial charge in [0.2, 0.25) is 5.96 Å². The van der Waals surface area contributed by atoms with E-state index in [0.717, 1.165) is 16.7 Å². The zero-order valence-corrected chi connectivity index (χ0v) is 17.5. The first-order chi connectivity index (χ1) is 13.8. The van der Waals surface area contributed by atoms with Gasteiger partial charge in [0.15, 0.2) is 5.82 Å². The van der Waals surface area contributed by atoms with E-state index >= 15 is 0 Å². The van der Waals surface area contributed by atoms with Crippen molar-refractivity contribution in [2.75, 3.05) is 0 Å². The molecule has 2 N–H and O–H groups in total. The zero-order chi connectivity index (χ0) is 21.6. The van der Waals surface area contributed by atoms with Gasteiger partial charge in [0.25, 0.3) is 0 Å². The van der Waals surface area contributed by atoms with Gasteiger partial charge in [-0.3, -0.25) is 5.10 Å². The summed E-state index contributed by atoms with van der Waals surface area (Å²) in [5.41, 5.74) is 3.47. The Hall–Kier alpha value is -3.35. The highest BCUT2D eigenvalue weighted by atomic mass is 19.1. The molecule has 6 nitrogen and oxygen atoms in total. The van der Waals surface area contributed by atoms with Crippen molar-refractivity contribution in [3.05, 3.63) is 58.8 Å². The summed E-state index contributed by atoms with van der Waals surface area (Å²) in [6.45, 7) is 16.9. The van der Waals surface area contributed by atoms with E-state index in [4.69, 9.17) is 0 Å². The van der Waals surface area contributed by atoms with Crippen molar-refractivity contribution in [2.24, 2.45) is 15.0 Å². The molecule has 0 fully saturated rings. The summed E-state index contributed by atoms with van der Waals surface area (Å²) >= 11 is 0. The van der Waals surface area contributed by atoms with Crippen LogP contribution in [0, 0.1) is 5.82 Å². The third kappa shape index (κ3) is 5.34. The van der Waals surface area contributed by atoms with Crippen LogP contribution in [-0.2, 0) is 0 Å². The standard InChI is InChI=1S/C22H27FN6/c1-8-18(26-22(25-7)27-19(24-6)10-9-13(2)3)15-11-16-20(14(4)5)28-29-21(16)17(23)12-15/h8-12,14H,6-7H2,1-5H3,(H,26,27)(H,28,29)/b18-8-,19-10+. The quantitative estimate of drug-likeness (QED) is 0.394. The van der Waals surface area contributed by atoms with Crippen LogP contribution in [-0.4, -0.2) is 29.6 Å². The molecule has 1 aromatic heterocycles. The van der Waals surface area contributed by atoms with Crippen molar-refractivity contribution in [1.29, 1.82) is 0 Å². The Balaban J connectivity index is 2.47. The van der Waals surface area contributed by atoms with Crippen LogP contribution in [0.2, 0.25) is 0 Å². The lowest BCUT2D eigenvalue weighted by Crippen LogP contribution is -2.19. The van der Waals surface area contributed by atoms with Gasteiger partial charge in [-0.05, 0) is 58.3 Å². The third-order valence-corrected chi connectivity index (χ3v) is 4.15. The van der Waals surface area contributed by atoms with Crippen LogP contribution in [0.1, 0.15) is 51.8 Å². The Morgan fingerprint density at radius 1 is 1.21 bits per heavy atom. The monoisotopic (exact) mass is 394 g/mol. The van der Waals surface area contributed by atoms with Crippen LogP contribution in [0.3, 0.4) is 0 Å². The molecule has 0 amide bonds. The van der Waals surface area contributed by atoms with Gasteiger partial charge >= 0.3 is 0 Å². The van der Waals surface area contributed by atoms with E-state index in [2.05, 4.69) is 43.9 Å². The minimum Gasteiger partial charge on any atom is -0.309 e. The lowest BCUT2D eigenvalue weighted by molar-refractivity contribution is 0.635. The summed E-state index contributed by atoms with van der Waals surface area (Å²) in [6.07, 6.45) is 5.44. The highest BCUT2D eigenvalue weighted by molar-refractivity contribution is 5.92. The molecule has 0 aliphatic rings. The van der Waals surface area contributed by atoms with Crippen molar-refractivity contribution in [2.45, 2.75) is 40.5 Å². The second-order valence-corrected chi connectivity index (χ2v) is 6.99. The smallest absolute Gasteiger partial charge is 0.228 e. The number of hydrogen-bond donors (Lipinski definition) is 2. The molecule has 0 aliphatic heterocycles. The number of H-pyrrole nitrogens is 1. The third-order valence-electron chi connectivity index (χ3n) is 4.15. The minimum atomic E-state index is -0.409. The van der Waals surface area contributed by atoms with Crippen LogP contribution in [0.15, 0.2) is 56.7 Å². The summed E-state index contributed by atoms with van der Waals surface area (Å²) in [5, 5.41) is 10.7. The number of halogens is 1. The minimum absolute atomic E-state index is 0.181. The number of hydrogen-bond acceptors (Lipinski definition) is 3. The molecule has 0 radical (unpaired) electrons. The van der Waals surface area contributed by atoms with Crippen molar-refractivity contribution in [3.63, 3.8) is 0 Å². The maximum absolute atomic E-state index is 14.6. The molecule has 29 heavy (non-hydrogen) atoms. The number of allylic oxidation sites excluding steroid dienone is 4. The summed E-state index contributed by atoms with van der Waals surface area (Å²) < 4.78 is 14.6. The van der Waals surface area contributed by atoms with Gasteiger partial charge in [0.05, 0.1) is 5.70 Å². The van der Waals surface area contributed by atoms with Crippen molar-refractivity contribution < 1.29 is 4.39 Å². The predicted molar refractivity (Wildman–Crippen MR) is 121 cm³/mol. The Labute approximate surface area is 170 Å². The molecule has 0 spiro atoms. The highest BCUT2D eigenvalue weighted by Gasteiger charge is 2.15. The molecule has 0 saturated heterocycles. The second-order valence-electron chi connectivity index (χ2n) is 6.99. The molecule has 0 bridgehead atoms. The second kappa shape index (κ2) is 9.73. The number of aromatic amines is 1. The molecule has 1 aromatic carbocycles. The van der Waals surface area contributed by atoms with Gasteiger partial charge < -0.3 is 5.32 Å². The van der Waals surface area contributed by atoms with Gasteiger partial charge in [0, 0.05) is 16.6 Å². The largest absolute Gasteiger partial charge is 0.309 e. The summed E-state index contributed by atoms with van der Waals surface area (Å²) in [7, 11) is 0. The van der Waals surface area contributed by atoms with Crippen LogP contribution < -0.4 is 5.32 Å². The number of nitrogens with zero attached hydrogens (tertiary/aromatic N) is 4.